The van der Waals surface area contributed by atoms with Gasteiger partial charge in [-0.3, -0.25) is 0 Å². The molecule has 0 saturated carbocycles. The number of nitrogens with zero attached hydrogens (tertiary/aromatic N) is 1. The first-order valence-corrected chi connectivity index (χ1v) is 6.97. The summed E-state index contributed by atoms with van der Waals surface area (Å²) in [6.45, 7) is 0.681. The Morgan fingerprint density at radius 1 is 1.05 bits per heavy atom. The highest BCUT2D eigenvalue weighted by Gasteiger charge is 2.03. The largest absolute Gasteiger partial charge is 0.361 e. The van der Waals surface area contributed by atoms with Gasteiger partial charge in [0.25, 0.3) is 0 Å². The van der Waals surface area contributed by atoms with Crippen molar-refractivity contribution < 1.29 is 4.39 Å². The SMILES string of the molecule is Fc1ccccc1CCNc1nc2ccccc2s1. The van der Waals surface area contributed by atoms with Gasteiger partial charge < -0.3 is 5.32 Å². The number of halogens is 1. The van der Waals surface area contributed by atoms with Gasteiger partial charge in [-0.25, -0.2) is 9.37 Å². The fourth-order valence-corrected chi connectivity index (χ4v) is 2.84. The Hall–Kier alpha value is -1.94. The van der Waals surface area contributed by atoms with E-state index in [-0.39, 0.29) is 5.82 Å². The Morgan fingerprint density at radius 3 is 2.68 bits per heavy atom. The van der Waals surface area contributed by atoms with Crippen molar-refractivity contribution in [1.82, 2.24) is 4.98 Å². The first-order valence-electron chi connectivity index (χ1n) is 6.16. The molecule has 3 rings (SSSR count). The van der Waals surface area contributed by atoms with Crippen molar-refractivity contribution in [2.75, 3.05) is 11.9 Å². The van der Waals surface area contributed by atoms with Crippen molar-refractivity contribution in [3.63, 3.8) is 0 Å². The molecule has 0 fully saturated rings. The molecule has 0 spiro atoms. The fourth-order valence-electron chi connectivity index (χ4n) is 1.95. The number of rotatable bonds is 4. The predicted molar refractivity (Wildman–Crippen MR) is 78.2 cm³/mol. The quantitative estimate of drug-likeness (QED) is 0.773. The van der Waals surface area contributed by atoms with E-state index in [0.717, 1.165) is 20.9 Å². The molecule has 2 nitrogen and oxygen atoms in total. The number of benzene rings is 2. The monoisotopic (exact) mass is 272 g/mol. The minimum Gasteiger partial charge on any atom is -0.361 e. The molecular weight excluding hydrogens is 259 g/mol. The molecule has 0 radical (unpaired) electrons. The molecular formula is C15H13FN2S. The number of nitrogens with one attached hydrogen (secondary N) is 1. The molecule has 0 atom stereocenters. The minimum absolute atomic E-state index is 0.145. The van der Waals surface area contributed by atoms with Crippen molar-refractivity contribution in [2.45, 2.75) is 6.42 Å². The van der Waals surface area contributed by atoms with Crippen LogP contribution < -0.4 is 5.32 Å². The number of fused-ring (bicyclic) bond motifs is 1. The van der Waals surface area contributed by atoms with Gasteiger partial charge in [0.15, 0.2) is 5.13 Å². The van der Waals surface area contributed by atoms with Crippen LogP contribution in [0.2, 0.25) is 0 Å². The van der Waals surface area contributed by atoms with Crippen LogP contribution in [-0.4, -0.2) is 11.5 Å². The molecule has 96 valence electrons. The van der Waals surface area contributed by atoms with Gasteiger partial charge in [0.2, 0.25) is 0 Å². The molecule has 1 N–H and O–H groups in total. The van der Waals surface area contributed by atoms with Crippen LogP contribution in [0.3, 0.4) is 0 Å². The molecule has 2 aromatic carbocycles. The average molecular weight is 272 g/mol. The van der Waals surface area contributed by atoms with E-state index < -0.39 is 0 Å². The molecule has 19 heavy (non-hydrogen) atoms. The molecule has 0 aliphatic heterocycles. The lowest BCUT2D eigenvalue weighted by Gasteiger charge is -2.03. The van der Waals surface area contributed by atoms with Crippen LogP contribution >= 0.6 is 11.3 Å². The third-order valence-corrected chi connectivity index (χ3v) is 3.92. The first-order chi connectivity index (χ1) is 9.33. The van der Waals surface area contributed by atoms with Crippen molar-refractivity contribution in [1.29, 1.82) is 0 Å². The topological polar surface area (TPSA) is 24.9 Å². The van der Waals surface area contributed by atoms with Crippen molar-refractivity contribution in [2.24, 2.45) is 0 Å². The first kappa shape index (κ1) is 12.1. The second kappa shape index (κ2) is 5.36. The van der Waals surface area contributed by atoms with E-state index in [0.29, 0.717) is 13.0 Å². The summed E-state index contributed by atoms with van der Waals surface area (Å²) in [4.78, 5) is 4.48. The number of thiazole rings is 1. The lowest BCUT2D eigenvalue weighted by molar-refractivity contribution is 0.610. The highest BCUT2D eigenvalue weighted by Crippen LogP contribution is 2.25. The molecule has 0 saturated heterocycles. The third-order valence-electron chi connectivity index (χ3n) is 2.92. The average Bonchev–Trinajstić information content (AvgIpc) is 2.83. The van der Waals surface area contributed by atoms with Crippen LogP contribution in [0, 0.1) is 5.82 Å². The van der Waals surface area contributed by atoms with Crippen LogP contribution in [0.4, 0.5) is 9.52 Å². The number of aromatic nitrogens is 1. The number of anilines is 1. The second-order valence-electron chi connectivity index (χ2n) is 4.25. The van der Waals surface area contributed by atoms with Gasteiger partial charge in [-0.2, -0.15) is 0 Å². The van der Waals surface area contributed by atoms with Crippen LogP contribution in [0.25, 0.3) is 10.2 Å². The van der Waals surface area contributed by atoms with E-state index in [1.807, 2.05) is 30.3 Å². The molecule has 3 aromatic rings. The molecule has 1 aromatic heterocycles. The molecule has 0 aliphatic rings. The van der Waals surface area contributed by atoms with E-state index in [1.54, 1.807) is 17.4 Å². The molecule has 0 amide bonds. The Kier molecular flexibility index (Phi) is 3.42. The Bertz CT molecular complexity index is 660. The summed E-state index contributed by atoms with van der Waals surface area (Å²) in [5.41, 5.74) is 1.73. The molecule has 1 heterocycles. The number of para-hydroxylation sites is 1. The van der Waals surface area contributed by atoms with Crippen molar-refractivity contribution >= 4 is 26.7 Å². The van der Waals surface area contributed by atoms with Gasteiger partial charge in [0, 0.05) is 6.54 Å². The van der Waals surface area contributed by atoms with Crippen molar-refractivity contribution in [3.05, 3.63) is 59.9 Å². The summed E-state index contributed by atoms with van der Waals surface area (Å²) in [6, 6.07) is 14.9. The van der Waals surface area contributed by atoms with Gasteiger partial charge in [-0.05, 0) is 30.2 Å². The maximum Gasteiger partial charge on any atom is 0.183 e. The van der Waals surface area contributed by atoms with E-state index in [2.05, 4.69) is 16.4 Å². The van der Waals surface area contributed by atoms with E-state index in [9.17, 15) is 4.39 Å². The summed E-state index contributed by atoms with van der Waals surface area (Å²) in [7, 11) is 0. The molecule has 0 unspecified atom stereocenters. The van der Waals surface area contributed by atoms with Crippen molar-refractivity contribution in [3.8, 4) is 0 Å². The number of hydrogen-bond donors (Lipinski definition) is 1. The zero-order valence-electron chi connectivity index (χ0n) is 10.3. The van der Waals surface area contributed by atoms with Gasteiger partial charge in [-0.15, -0.1) is 0 Å². The van der Waals surface area contributed by atoms with Crippen LogP contribution in [-0.2, 0) is 6.42 Å². The predicted octanol–water partition coefficient (Wildman–Crippen LogP) is 4.09. The number of hydrogen-bond acceptors (Lipinski definition) is 3. The Balaban J connectivity index is 1.65. The van der Waals surface area contributed by atoms with E-state index >= 15 is 0 Å². The summed E-state index contributed by atoms with van der Waals surface area (Å²) < 4.78 is 14.6. The maximum atomic E-state index is 13.4. The molecule has 0 aliphatic carbocycles. The summed E-state index contributed by atoms with van der Waals surface area (Å²) >= 11 is 1.62. The molecule has 4 heteroatoms. The minimum atomic E-state index is -0.145. The van der Waals surface area contributed by atoms with Gasteiger partial charge in [0.05, 0.1) is 10.2 Å². The summed E-state index contributed by atoms with van der Waals surface area (Å²) in [6.07, 6.45) is 0.655. The van der Waals surface area contributed by atoms with Crippen LogP contribution in [0.1, 0.15) is 5.56 Å². The van der Waals surface area contributed by atoms with Crippen LogP contribution in [0.15, 0.2) is 48.5 Å². The lowest BCUT2D eigenvalue weighted by Crippen LogP contribution is -2.05. The Morgan fingerprint density at radius 2 is 1.84 bits per heavy atom. The zero-order chi connectivity index (χ0) is 13.1. The Labute approximate surface area is 114 Å². The standard InChI is InChI=1S/C15H13FN2S/c16-12-6-2-1-5-11(12)9-10-17-15-18-13-7-3-4-8-14(13)19-15/h1-8H,9-10H2,(H,17,18). The van der Waals surface area contributed by atoms with Crippen LogP contribution in [0.5, 0.6) is 0 Å². The zero-order valence-corrected chi connectivity index (χ0v) is 11.1. The maximum absolute atomic E-state index is 13.4. The fraction of sp³-hybridized carbons (Fsp3) is 0.133. The van der Waals surface area contributed by atoms with Gasteiger partial charge >= 0.3 is 0 Å². The van der Waals surface area contributed by atoms with E-state index in [4.69, 9.17) is 0 Å². The highest BCUT2D eigenvalue weighted by atomic mass is 32.1. The highest BCUT2D eigenvalue weighted by molar-refractivity contribution is 7.22. The smallest absolute Gasteiger partial charge is 0.183 e. The normalized spacial score (nSPS) is 10.8. The summed E-state index contributed by atoms with van der Waals surface area (Å²) in [5.74, 6) is -0.145. The van der Waals surface area contributed by atoms with E-state index in [1.165, 1.54) is 6.07 Å². The van der Waals surface area contributed by atoms with Gasteiger partial charge in [0.1, 0.15) is 5.82 Å². The third kappa shape index (κ3) is 2.74. The molecule has 0 bridgehead atoms. The van der Waals surface area contributed by atoms with Gasteiger partial charge in [-0.1, -0.05) is 41.7 Å². The second-order valence-corrected chi connectivity index (χ2v) is 5.29. The summed E-state index contributed by atoms with van der Waals surface area (Å²) in [5, 5.41) is 4.14. The lowest BCUT2D eigenvalue weighted by atomic mass is 10.1.